The smallest absolute Gasteiger partial charge is 0.336 e. The van der Waals surface area contributed by atoms with E-state index in [9.17, 15) is 18.8 Å². The van der Waals surface area contributed by atoms with Gasteiger partial charge in [0.2, 0.25) is 0 Å². The Kier molecular flexibility index (Phi) is 4.30. The number of para-hydroxylation sites is 2. The van der Waals surface area contributed by atoms with E-state index in [4.69, 9.17) is 4.74 Å². The zero-order chi connectivity index (χ0) is 18.0. The lowest BCUT2D eigenvalue weighted by Gasteiger charge is -2.26. The standard InChI is InChI=1S/C18H13FN2O4/c1-25-15-9-5-2-6-11(15)10-12-16(22)20-18(24)21(17(12)23)14-8-4-3-7-13(14)19/h2-10H,1H3,(H,20,22,24)/b12-10-. The lowest BCUT2D eigenvalue weighted by atomic mass is 10.1. The molecule has 0 radical (unpaired) electrons. The van der Waals surface area contributed by atoms with Crippen molar-refractivity contribution >= 4 is 29.6 Å². The van der Waals surface area contributed by atoms with E-state index in [1.807, 2.05) is 5.32 Å². The monoisotopic (exact) mass is 340 g/mol. The number of hydrogen-bond acceptors (Lipinski definition) is 4. The molecule has 1 fully saturated rings. The highest BCUT2D eigenvalue weighted by molar-refractivity contribution is 6.39. The molecule has 0 aromatic heterocycles. The Morgan fingerprint density at radius 3 is 2.44 bits per heavy atom. The largest absolute Gasteiger partial charge is 0.496 e. The molecule has 126 valence electrons. The van der Waals surface area contributed by atoms with Gasteiger partial charge in [0.15, 0.2) is 0 Å². The molecule has 0 atom stereocenters. The van der Waals surface area contributed by atoms with E-state index < -0.39 is 23.7 Å². The van der Waals surface area contributed by atoms with Crippen molar-refractivity contribution in [3.05, 3.63) is 65.5 Å². The molecule has 1 heterocycles. The second kappa shape index (κ2) is 6.56. The third-order valence-electron chi connectivity index (χ3n) is 3.63. The first-order chi connectivity index (χ1) is 12.0. The highest BCUT2D eigenvalue weighted by Crippen LogP contribution is 2.26. The zero-order valence-corrected chi connectivity index (χ0v) is 13.2. The summed E-state index contributed by atoms with van der Waals surface area (Å²) < 4.78 is 19.2. The summed E-state index contributed by atoms with van der Waals surface area (Å²) in [6, 6.07) is 11.1. The van der Waals surface area contributed by atoms with Crippen LogP contribution in [0.5, 0.6) is 5.75 Å². The lowest BCUT2D eigenvalue weighted by Crippen LogP contribution is -2.54. The van der Waals surface area contributed by atoms with E-state index in [1.165, 1.54) is 31.4 Å². The van der Waals surface area contributed by atoms with Gasteiger partial charge in [-0.05, 0) is 24.3 Å². The first-order valence-electron chi connectivity index (χ1n) is 7.32. The number of ether oxygens (including phenoxy) is 1. The second-order valence-corrected chi connectivity index (χ2v) is 5.15. The maximum atomic E-state index is 14.0. The molecule has 1 saturated heterocycles. The molecule has 0 unspecified atom stereocenters. The van der Waals surface area contributed by atoms with E-state index in [2.05, 4.69) is 0 Å². The van der Waals surface area contributed by atoms with Gasteiger partial charge in [0.25, 0.3) is 11.8 Å². The van der Waals surface area contributed by atoms with Crippen LogP contribution in [0.4, 0.5) is 14.9 Å². The summed E-state index contributed by atoms with van der Waals surface area (Å²) in [6.07, 6.45) is 1.30. The molecule has 1 aliphatic rings. The van der Waals surface area contributed by atoms with Gasteiger partial charge in [-0.3, -0.25) is 14.9 Å². The normalized spacial score (nSPS) is 16.2. The van der Waals surface area contributed by atoms with E-state index in [-0.39, 0.29) is 11.3 Å². The van der Waals surface area contributed by atoms with Gasteiger partial charge in [-0.2, -0.15) is 0 Å². The average molecular weight is 340 g/mol. The minimum absolute atomic E-state index is 0.233. The number of benzene rings is 2. The number of hydrogen-bond donors (Lipinski definition) is 1. The van der Waals surface area contributed by atoms with Gasteiger partial charge in [-0.25, -0.2) is 14.1 Å². The van der Waals surface area contributed by atoms with E-state index in [0.29, 0.717) is 16.2 Å². The van der Waals surface area contributed by atoms with Crippen molar-refractivity contribution in [3.63, 3.8) is 0 Å². The summed E-state index contributed by atoms with van der Waals surface area (Å²) in [7, 11) is 1.45. The molecule has 7 heteroatoms. The molecule has 0 aliphatic carbocycles. The zero-order valence-electron chi connectivity index (χ0n) is 13.2. The summed E-state index contributed by atoms with van der Waals surface area (Å²) in [4.78, 5) is 37.4. The summed E-state index contributed by atoms with van der Waals surface area (Å²) in [5.41, 5.74) is -0.0536. The van der Waals surface area contributed by atoms with Crippen molar-refractivity contribution in [1.29, 1.82) is 0 Å². The molecule has 0 spiro atoms. The number of nitrogens with zero attached hydrogens (tertiary/aromatic N) is 1. The highest BCUT2D eigenvalue weighted by Gasteiger charge is 2.38. The van der Waals surface area contributed by atoms with Crippen LogP contribution in [-0.2, 0) is 9.59 Å². The number of imide groups is 2. The number of amides is 4. The third kappa shape index (κ3) is 2.99. The number of urea groups is 1. The van der Waals surface area contributed by atoms with Crippen molar-refractivity contribution in [2.45, 2.75) is 0 Å². The summed E-state index contributed by atoms with van der Waals surface area (Å²) in [5.74, 6) is -2.07. The fraction of sp³-hybridized carbons (Fsp3) is 0.0556. The van der Waals surface area contributed by atoms with Gasteiger partial charge < -0.3 is 4.74 Å². The first kappa shape index (κ1) is 16.4. The number of barbiturate groups is 1. The molecule has 2 aromatic carbocycles. The van der Waals surface area contributed by atoms with Crippen LogP contribution in [0, 0.1) is 5.82 Å². The van der Waals surface area contributed by atoms with Gasteiger partial charge in [0, 0.05) is 5.56 Å². The van der Waals surface area contributed by atoms with Gasteiger partial charge in [0.05, 0.1) is 12.8 Å². The Hall–Kier alpha value is -3.48. The molecule has 4 amide bonds. The summed E-state index contributed by atoms with van der Waals surface area (Å²) >= 11 is 0. The summed E-state index contributed by atoms with van der Waals surface area (Å²) in [5, 5.41) is 2.04. The number of nitrogens with one attached hydrogen (secondary N) is 1. The molecule has 1 N–H and O–H groups in total. The van der Waals surface area contributed by atoms with Crippen molar-refractivity contribution in [2.24, 2.45) is 0 Å². The Morgan fingerprint density at radius 1 is 1.04 bits per heavy atom. The minimum atomic E-state index is -1.00. The topological polar surface area (TPSA) is 75.7 Å². The molecule has 25 heavy (non-hydrogen) atoms. The third-order valence-corrected chi connectivity index (χ3v) is 3.63. The van der Waals surface area contributed by atoms with E-state index >= 15 is 0 Å². The van der Waals surface area contributed by atoms with Gasteiger partial charge >= 0.3 is 6.03 Å². The number of rotatable bonds is 3. The Labute approximate surface area is 142 Å². The number of carbonyl (C=O) groups is 3. The second-order valence-electron chi connectivity index (χ2n) is 5.15. The Bertz CT molecular complexity index is 907. The Morgan fingerprint density at radius 2 is 1.72 bits per heavy atom. The fourth-order valence-corrected chi connectivity index (χ4v) is 2.45. The predicted octanol–water partition coefficient (Wildman–Crippen LogP) is 2.50. The molecule has 0 saturated carbocycles. The molecule has 1 aliphatic heterocycles. The van der Waals surface area contributed by atoms with Crippen molar-refractivity contribution < 1.29 is 23.5 Å². The lowest BCUT2D eigenvalue weighted by molar-refractivity contribution is -0.122. The molecule has 2 aromatic rings. The van der Waals surface area contributed by atoms with Crippen LogP contribution in [-0.4, -0.2) is 25.0 Å². The number of halogens is 1. The Balaban J connectivity index is 2.07. The predicted molar refractivity (Wildman–Crippen MR) is 88.4 cm³/mol. The quantitative estimate of drug-likeness (QED) is 0.688. The van der Waals surface area contributed by atoms with E-state index in [0.717, 1.165) is 6.07 Å². The van der Waals surface area contributed by atoms with E-state index in [1.54, 1.807) is 24.3 Å². The molecule has 3 rings (SSSR count). The number of methoxy groups -OCH3 is 1. The SMILES string of the molecule is COc1ccccc1/C=C1/C(=O)NC(=O)N(c2ccccc2F)C1=O. The van der Waals surface area contributed by atoms with Gasteiger partial charge in [-0.15, -0.1) is 0 Å². The molecule has 0 bridgehead atoms. The first-order valence-corrected chi connectivity index (χ1v) is 7.32. The van der Waals surface area contributed by atoms with Crippen LogP contribution in [0.1, 0.15) is 5.56 Å². The van der Waals surface area contributed by atoms with Crippen LogP contribution in [0.15, 0.2) is 54.1 Å². The van der Waals surface area contributed by atoms with Crippen molar-refractivity contribution in [2.75, 3.05) is 12.0 Å². The van der Waals surface area contributed by atoms with Crippen LogP contribution >= 0.6 is 0 Å². The fourth-order valence-electron chi connectivity index (χ4n) is 2.45. The number of carbonyl (C=O) groups excluding carboxylic acids is 3. The molecular weight excluding hydrogens is 327 g/mol. The maximum absolute atomic E-state index is 14.0. The highest BCUT2D eigenvalue weighted by atomic mass is 19.1. The van der Waals surface area contributed by atoms with Gasteiger partial charge in [-0.1, -0.05) is 30.3 Å². The van der Waals surface area contributed by atoms with Crippen LogP contribution in [0.25, 0.3) is 6.08 Å². The van der Waals surface area contributed by atoms with Crippen LogP contribution < -0.4 is 15.0 Å². The van der Waals surface area contributed by atoms with Crippen LogP contribution in [0.3, 0.4) is 0 Å². The van der Waals surface area contributed by atoms with Gasteiger partial charge in [0.1, 0.15) is 17.1 Å². The summed E-state index contributed by atoms with van der Waals surface area (Å²) in [6.45, 7) is 0. The van der Waals surface area contributed by atoms with Crippen molar-refractivity contribution in [3.8, 4) is 5.75 Å². The minimum Gasteiger partial charge on any atom is -0.496 e. The molecule has 6 nitrogen and oxygen atoms in total. The van der Waals surface area contributed by atoms with Crippen molar-refractivity contribution in [1.82, 2.24) is 5.32 Å². The van der Waals surface area contributed by atoms with Crippen LogP contribution in [0.2, 0.25) is 0 Å². The average Bonchev–Trinajstić information content (AvgIpc) is 2.60. The molecular formula is C18H13FN2O4. The maximum Gasteiger partial charge on any atom is 0.336 e. The number of anilines is 1.